The lowest BCUT2D eigenvalue weighted by atomic mass is 10.0. The Hall–Kier alpha value is -11.3. The highest BCUT2D eigenvalue weighted by Crippen LogP contribution is 2.39. The maximum Gasteiger partial charge on any atom is 0.416 e. The first-order chi connectivity index (χ1) is 58.1. The van der Waals surface area contributed by atoms with Crippen molar-refractivity contribution in [2.45, 2.75) is 224 Å². The number of phenols is 1. The van der Waals surface area contributed by atoms with Crippen LogP contribution in [0.2, 0.25) is 0 Å². The van der Waals surface area contributed by atoms with Crippen molar-refractivity contribution < 1.29 is 63.3 Å². The average Bonchev–Trinajstić information content (AvgIpc) is 1.58. The molecule has 0 spiro atoms. The molecule has 1 fully saturated rings. The number of methoxy groups -OCH3 is 2. The maximum absolute atomic E-state index is 13.5. The van der Waals surface area contributed by atoms with E-state index in [2.05, 4.69) is 110 Å². The van der Waals surface area contributed by atoms with E-state index in [0.717, 1.165) is 96.8 Å². The highest BCUT2D eigenvalue weighted by molar-refractivity contribution is 5.94. The zero-order chi connectivity index (χ0) is 91.8. The van der Waals surface area contributed by atoms with Gasteiger partial charge in [-0.05, 0) is 238 Å². The minimum atomic E-state index is -4.28. The van der Waals surface area contributed by atoms with Crippen molar-refractivity contribution in [1.82, 2.24) is 56.7 Å². The number of amides is 1. The van der Waals surface area contributed by atoms with E-state index in [0.29, 0.717) is 59.2 Å². The smallest absolute Gasteiger partial charge is 0.416 e. The van der Waals surface area contributed by atoms with E-state index >= 15 is 0 Å². The number of aromatic nitrogens is 11. The van der Waals surface area contributed by atoms with Gasteiger partial charge in [-0.1, -0.05) is 104 Å². The summed E-state index contributed by atoms with van der Waals surface area (Å²) in [5.41, 5.74) is 11.6. The molecule has 16 nitrogen and oxygen atoms in total. The molecule has 1 aliphatic heterocycles. The van der Waals surface area contributed by atoms with E-state index < -0.39 is 41.0 Å². The molecule has 0 radical (unpaired) electrons. The summed E-state index contributed by atoms with van der Waals surface area (Å²) >= 11 is 0. The summed E-state index contributed by atoms with van der Waals surface area (Å²) in [5, 5.41) is 23.0. The summed E-state index contributed by atoms with van der Waals surface area (Å²) in [4.78, 5) is 18.8. The van der Waals surface area contributed by atoms with E-state index in [1.807, 2.05) is 216 Å². The third-order valence-electron chi connectivity index (χ3n) is 21.7. The number of likely N-dealkylation sites (tertiary alicyclic amines) is 1. The Morgan fingerprint density at radius 1 is 0.484 bits per heavy atom. The van der Waals surface area contributed by atoms with Gasteiger partial charge in [0.15, 0.2) is 11.6 Å². The normalized spacial score (nSPS) is 12.6. The maximum atomic E-state index is 13.5. The second-order valence-electron chi connectivity index (χ2n) is 34.2. The fraction of sp³-hybridized carbons (Fsp3) is 0.408. The molecule has 1 N–H and O–H groups in total. The van der Waals surface area contributed by atoms with Gasteiger partial charge >= 0.3 is 12.4 Å². The van der Waals surface area contributed by atoms with Crippen LogP contribution in [0, 0.1) is 25.5 Å². The van der Waals surface area contributed by atoms with Gasteiger partial charge in [0.1, 0.15) is 23.0 Å². The van der Waals surface area contributed by atoms with Crippen molar-refractivity contribution in [3.8, 4) is 11.5 Å². The van der Waals surface area contributed by atoms with E-state index in [1.54, 1.807) is 30.9 Å². The van der Waals surface area contributed by atoms with Crippen LogP contribution in [0.15, 0.2) is 183 Å². The Balaban J connectivity index is 0.000000161. The first-order valence-corrected chi connectivity index (χ1v) is 42.0. The van der Waals surface area contributed by atoms with Crippen molar-refractivity contribution >= 4 is 77.2 Å². The van der Waals surface area contributed by atoms with Gasteiger partial charge in [-0.25, -0.2) is 17.6 Å². The number of hydrogen-bond donors (Lipinski definition) is 1. The lowest BCUT2D eigenvalue weighted by Crippen LogP contribution is -2.54. The van der Waals surface area contributed by atoms with Crippen LogP contribution in [0.5, 0.6) is 11.5 Å². The number of aryl methyl sites for hydroxylation is 4. The minimum Gasteiger partial charge on any atom is -0.508 e. The number of rotatable bonds is 13. The molecule has 1 saturated heterocycles. The van der Waals surface area contributed by atoms with Crippen molar-refractivity contribution in [3.63, 3.8) is 0 Å². The van der Waals surface area contributed by atoms with Crippen LogP contribution in [-0.4, -0.2) is 101 Å². The van der Waals surface area contributed by atoms with E-state index in [9.17, 15) is 53.8 Å². The number of imidazole rings is 1. The molecule has 8 aromatic heterocycles. The van der Waals surface area contributed by atoms with Gasteiger partial charge in [-0.2, -0.15) is 40.9 Å². The molecular formula is C98H120F10N12O4. The van der Waals surface area contributed by atoms with Crippen molar-refractivity contribution in [2.24, 2.45) is 14.1 Å². The van der Waals surface area contributed by atoms with Crippen LogP contribution in [-0.2, 0) is 37.1 Å². The quantitative estimate of drug-likeness (QED) is 0.114. The summed E-state index contributed by atoms with van der Waals surface area (Å²) in [6, 6.07) is 46.2. The number of fused-ring (bicyclic) bond motifs is 8. The van der Waals surface area contributed by atoms with Crippen LogP contribution in [0.25, 0.3) is 71.3 Å². The van der Waals surface area contributed by atoms with Gasteiger partial charge in [-0.15, -0.1) is 5.10 Å². The average molecular weight is 1720 g/mol. The Morgan fingerprint density at radius 3 is 1.54 bits per heavy atom. The fourth-order valence-electron chi connectivity index (χ4n) is 14.9. The zero-order valence-corrected chi connectivity index (χ0v) is 75.8. The molecule has 1 aliphatic rings. The highest BCUT2D eigenvalue weighted by Gasteiger charge is 2.36. The van der Waals surface area contributed by atoms with Gasteiger partial charge in [0.05, 0.1) is 52.3 Å². The minimum absolute atomic E-state index is 0.0284. The number of halogens is 10. The number of para-hydroxylation sites is 3. The summed E-state index contributed by atoms with van der Waals surface area (Å²) in [7, 11) is 7.27. The van der Waals surface area contributed by atoms with E-state index in [-0.39, 0.29) is 47.8 Å². The largest absolute Gasteiger partial charge is 0.508 e. The first-order valence-electron chi connectivity index (χ1n) is 42.0. The summed E-state index contributed by atoms with van der Waals surface area (Å²) < 4.78 is 154. The zero-order valence-electron chi connectivity index (χ0n) is 75.8. The molecule has 0 aliphatic carbocycles. The number of carbonyl (C=O) groups is 1. The molecular weight excluding hydrogens is 1600 g/mol. The van der Waals surface area contributed by atoms with Crippen LogP contribution in [0.1, 0.15) is 247 Å². The second-order valence-corrected chi connectivity index (χ2v) is 34.2. The molecule has 15 aromatic rings. The van der Waals surface area contributed by atoms with Gasteiger partial charge < -0.3 is 46.9 Å². The van der Waals surface area contributed by atoms with Crippen molar-refractivity contribution in [3.05, 3.63) is 250 Å². The van der Waals surface area contributed by atoms with Crippen LogP contribution in [0.3, 0.4) is 0 Å². The standard InChI is InChI=1S/C14H23N3O2.C13H14F3N.C13H15F2N.C13H17NO.C12H12F3N.C12H14N4.C11H11F2N.C10H14O/c1-9(2)12-6-13(17(15-12)10(3)4)14(18)16-7-11(8-16)19-5;1-8(2)11-7-17(3)12-5-4-9(6-10(11)12)13(14,15)16;1-9(2)16-11-7-5-4-6-10(11)8-12(16)13(3,14)15;1-8(2)11-7-14(4)12-5-9(3)13(15)6-10(11)12;1-8(2)16-6-5-9-3-4-10(7-11(9)16)12(13,14)15;1-8(2)15-10-6-4-5-7-11(10)16-12(15)13-9(3)14-16;1-7(2)14-4-3-8-5-9(12)10(13)6-11(8)14;1-8(2)9-5-4-6-10(7-9)11-3/h6,9-11H,7-8H2,1-5H3;4-8H,1-3H3;4-9H,1-3H3;5-8,15H,1-4H3;3-8H,1-2H3;4-8H,1-3H3;3-7H,1-2H3;4-8H,1-3H3. The monoisotopic (exact) mass is 1720 g/mol. The number of benzene rings is 7. The Labute approximate surface area is 720 Å². The van der Waals surface area contributed by atoms with Crippen LogP contribution < -0.4 is 4.74 Å². The summed E-state index contributed by atoms with van der Waals surface area (Å²) in [5.74, 6) is 0.329. The number of ether oxygens (including phenoxy) is 2. The first kappa shape index (κ1) is 96.5. The number of carbonyl (C=O) groups excluding carboxylic acids is 1. The molecule has 0 unspecified atom stereocenters. The molecule has 7 aromatic carbocycles. The molecule has 0 saturated carbocycles. The van der Waals surface area contributed by atoms with Gasteiger partial charge in [0.2, 0.25) is 5.78 Å². The Kier molecular flexibility index (Phi) is 31.2. The third-order valence-corrected chi connectivity index (χ3v) is 21.7. The van der Waals surface area contributed by atoms with Gasteiger partial charge in [0, 0.05) is 146 Å². The van der Waals surface area contributed by atoms with E-state index in [4.69, 9.17) is 9.47 Å². The topological polar surface area (TPSA) is 137 Å². The molecule has 0 atom stereocenters. The fourth-order valence-corrected chi connectivity index (χ4v) is 14.9. The Bertz CT molecular complexity index is 6100. The molecule has 124 heavy (non-hydrogen) atoms. The van der Waals surface area contributed by atoms with Crippen LogP contribution in [0.4, 0.5) is 43.9 Å². The molecule has 1 amide bonds. The second kappa shape index (κ2) is 40.1. The molecule has 9 heterocycles. The predicted molar refractivity (Wildman–Crippen MR) is 481 cm³/mol. The molecule has 666 valence electrons. The summed E-state index contributed by atoms with van der Waals surface area (Å²) in [6.07, 6.45) is -0.671. The SMILES string of the molecule is CC(C)c1cn(C)c2ccc(C(F)(F)F)cc12.CC(C)n1c(C(C)(F)F)cc2ccccc21.CC(C)n1ccc2cc(F)c(F)cc21.CC(C)n1ccc2ccc(C(F)(F)F)cc21.COC1CN(C(=O)c2cc(C(C)C)nn2C(C)C)C1.COc1cccc(C(C)C)c1.Cc1cc2c(cc1O)c(C(C)C)cn2C.Cc1nc2n(C(C)C)c3ccccc3n2n1. The number of aromatic hydroxyl groups is 1. The van der Waals surface area contributed by atoms with Crippen LogP contribution >= 0.6 is 0 Å². The summed E-state index contributed by atoms with van der Waals surface area (Å²) in [6.45, 7) is 43.1. The number of phenolic OH excluding ortho intramolecular Hbond substituents is 1. The third kappa shape index (κ3) is 22.6. The molecule has 16 rings (SSSR count). The Morgan fingerprint density at radius 2 is 1.01 bits per heavy atom. The van der Waals surface area contributed by atoms with Crippen molar-refractivity contribution in [1.29, 1.82) is 0 Å². The van der Waals surface area contributed by atoms with Crippen molar-refractivity contribution in [2.75, 3.05) is 27.3 Å². The lowest BCUT2D eigenvalue weighted by Gasteiger charge is -2.38. The molecule has 0 bridgehead atoms. The molecule has 26 heteroatoms. The van der Waals surface area contributed by atoms with E-state index in [1.165, 1.54) is 58.6 Å². The van der Waals surface area contributed by atoms with Gasteiger partial charge in [-0.3, -0.25) is 9.48 Å². The number of nitrogens with zero attached hydrogens (tertiary/aromatic N) is 12. The number of hydrogen-bond acceptors (Lipinski definition) is 7. The van der Waals surface area contributed by atoms with Gasteiger partial charge in [0.25, 0.3) is 11.8 Å². The predicted octanol–water partition coefficient (Wildman–Crippen LogP) is 27.2. The lowest BCUT2D eigenvalue weighted by molar-refractivity contribution is -0.138. The number of alkyl halides is 8. The highest BCUT2D eigenvalue weighted by atomic mass is 19.4.